The molecule has 0 saturated carbocycles. The van der Waals surface area contributed by atoms with Crippen LogP contribution in [0.5, 0.6) is 0 Å². The second-order valence-electron chi connectivity index (χ2n) is 8.99. The lowest BCUT2D eigenvalue weighted by atomic mass is 10.0. The average molecular weight is 403 g/mol. The van der Waals surface area contributed by atoms with Crippen molar-refractivity contribution >= 4 is 0 Å². The van der Waals surface area contributed by atoms with Crippen molar-refractivity contribution in [3.63, 3.8) is 0 Å². The SMILES string of the molecule is [CH2]CCCCCC#CCCCCCCCCCCCCCCCCCCCC[CH2]. The first-order valence-corrected chi connectivity index (χ1v) is 13.5. The highest BCUT2D eigenvalue weighted by Gasteiger charge is 1.95. The molecule has 0 bridgehead atoms. The number of rotatable bonds is 23. The van der Waals surface area contributed by atoms with E-state index in [2.05, 4.69) is 25.7 Å². The Morgan fingerprint density at radius 1 is 0.276 bits per heavy atom. The molecule has 0 N–H and O–H groups in total. The molecule has 29 heavy (non-hydrogen) atoms. The minimum atomic E-state index is 1.07. The van der Waals surface area contributed by atoms with Gasteiger partial charge in [-0.15, -0.1) is 11.8 Å². The van der Waals surface area contributed by atoms with Crippen LogP contribution in [0.2, 0.25) is 0 Å². The minimum Gasteiger partial charge on any atom is -0.103 e. The molecular weight excluding hydrogens is 348 g/mol. The summed E-state index contributed by atoms with van der Waals surface area (Å²) in [6.45, 7) is 7.79. The molecule has 0 rings (SSSR count). The molecule has 0 aromatic carbocycles. The summed E-state index contributed by atoms with van der Waals surface area (Å²) in [5.74, 6) is 6.68. The van der Waals surface area contributed by atoms with E-state index < -0.39 is 0 Å². The normalized spacial score (nSPS) is 10.8. The predicted octanol–water partition coefficient (Wildman–Crippen LogP) is 10.4. The van der Waals surface area contributed by atoms with Gasteiger partial charge in [0.1, 0.15) is 0 Å². The van der Waals surface area contributed by atoms with Gasteiger partial charge in [-0.05, 0) is 12.8 Å². The molecule has 0 aliphatic rings. The van der Waals surface area contributed by atoms with Crippen molar-refractivity contribution in [3.8, 4) is 11.8 Å². The number of unbranched alkanes of at least 4 members (excludes halogenated alkanes) is 23. The van der Waals surface area contributed by atoms with Crippen LogP contribution in [-0.2, 0) is 0 Å². The van der Waals surface area contributed by atoms with Gasteiger partial charge < -0.3 is 0 Å². The lowest BCUT2D eigenvalue weighted by molar-refractivity contribution is 0.524. The van der Waals surface area contributed by atoms with E-state index in [-0.39, 0.29) is 0 Å². The van der Waals surface area contributed by atoms with E-state index in [4.69, 9.17) is 0 Å². The lowest BCUT2D eigenvalue weighted by Crippen LogP contribution is -1.84. The second kappa shape index (κ2) is 27.6. The van der Waals surface area contributed by atoms with Crippen LogP contribution in [0.25, 0.3) is 0 Å². The van der Waals surface area contributed by atoms with E-state index in [1.54, 1.807) is 0 Å². The van der Waals surface area contributed by atoms with Crippen molar-refractivity contribution < 1.29 is 0 Å². The van der Waals surface area contributed by atoms with Gasteiger partial charge in [-0.1, -0.05) is 149 Å². The van der Waals surface area contributed by atoms with Crippen LogP contribution in [0.4, 0.5) is 0 Å². The van der Waals surface area contributed by atoms with Gasteiger partial charge in [-0.2, -0.15) is 0 Å². The number of hydrogen-bond donors (Lipinski definition) is 0. The zero-order valence-electron chi connectivity index (χ0n) is 20.1. The van der Waals surface area contributed by atoms with Gasteiger partial charge in [0.15, 0.2) is 0 Å². The van der Waals surface area contributed by atoms with Gasteiger partial charge >= 0.3 is 0 Å². The van der Waals surface area contributed by atoms with Gasteiger partial charge in [0.25, 0.3) is 0 Å². The molecule has 170 valence electrons. The Hall–Kier alpha value is -0.440. The lowest BCUT2D eigenvalue weighted by Gasteiger charge is -2.03. The van der Waals surface area contributed by atoms with E-state index in [1.807, 2.05) is 0 Å². The van der Waals surface area contributed by atoms with Crippen molar-refractivity contribution in [1.82, 2.24) is 0 Å². The Morgan fingerprint density at radius 2 is 0.483 bits per heavy atom. The summed E-state index contributed by atoms with van der Waals surface area (Å²) in [4.78, 5) is 0. The summed E-state index contributed by atoms with van der Waals surface area (Å²) >= 11 is 0. The first kappa shape index (κ1) is 28.6. The molecule has 0 spiro atoms. The van der Waals surface area contributed by atoms with Crippen LogP contribution in [-0.4, -0.2) is 0 Å². The van der Waals surface area contributed by atoms with Crippen LogP contribution in [0, 0.1) is 25.7 Å². The maximum absolute atomic E-state index is 3.91. The van der Waals surface area contributed by atoms with Gasteiger partial charge in [0, 0.05) is 12.8 Å². The van der Waals surface area contributed by atoms with Crippen molar-refractivity contribution in [2.45, 2.75) is 161 Å². The highest BCUT2D eigenvalue weighted by molar-refractivity contribution is 4.98. The van der Waals surface area contributed by atoms with E-state index in [1.165, 1.54) is 135 Å². The third kappa shape index (κ3) is 27.6. The Labute approximate surface area is 186 Å². The highest BCUT2D eigenvalue weighted by atomic mass is 14.0. The van der Waals surface area contributed by atoms with E-state index in [9.17, 15) is 0 Å². The highest BCUT2D eigenvalue weighted by Crippen LogP contribution is 2.14. The molecule has 0 heteroatoms. The van der Waals surface area contributed by atoms with E-state index in [0.29, 0.717) is 0 Å². The first-order valence-electron chi connectivity index (χ1n) is 13.5. The fraction of sp³-hybridized carbons (Fsp3) is 0.862. The second-order valence-corrected chi connectivity index (χ2v) is 8.99. The number of hydrogen-bond acceptors (Lipinski definition) is 0. The zero-order valence-corrected chi connectivity index (χ0v) is 20.1. The summed E-state index contributed by atoms with van der Waals surface area (Å²) in [6, 6.07) is 0. The molecule has 0 fully saturated rings. The molecule has 0 aliphatic carbocycles. The molecule has 0 heterocycles. The average Bonchev–Trinajstić information content (AvgIpc) is 2.74. The van der Waals surface area contributed by atoms with Gasteiger partial charge in [0.2, 0.25) is 0 Å². The molecule has 0 aliphatic heterocycles. The maximum atomic E-state index is 3.91. The molecule has 0 unspecified atom stereocenters. The minimum absolute atomic E-state index is 1.07. The zero-order chi connectivity index (χ0) is 21.1. The topological polar surface area (TPSA) is 0 Å². The van der Waals surface area contributed by atoms with Crippen molar-refractivity contribution in [3.05, 3.63) is 13.8 Å². The van der Waals surface area contributed by atoms with Crippen LogP contribution in [0.15, 0.2) is 0 Å². The summed E-state index contributed by atoms with van der Waals surface area (Å²) in [5, 5.41) is 0. The Bertz CT molecular complexity index is 332. The fourth-order valence-corrected chi connectivity index (χ4v) is 3.96. The molecule has 0 aromatic rings. The largest absolute Gasteiger partial charge is 0.103 e. The quantitative estimate of drug-likeness (QED) is 0.118. The Morgan fingerprint density at radius 3 is 0.759 bits per heavy atom. The third-order valence-electron chi connectivity index (χ3n) is 5.98. The Balaban J connectivity index is 3.04. The third-order valence-corrected chi connectivity index (χ3v) is 5.98. The van der Waals surface area contributed by atoms with Crippen LogP contribution >= 0.6 is 0 Å². The van der Waals surface area contributed by atoms with Gasteiger partial charge in [-0.3, -0.25) is 0 Å². The molecule has 0 aromatic heterocycles. The summed E-state index contributed by atoms with van der Waals surface area (Å²) in [6.07, 6.45) is 34.0. The maximum Gasteiger partial charge on any atom is 0.00886 e. The monoisotopic (exact) mass is 402 g/mol. The van der Waals surface area contributed by atoms with Crippen molar-refractivity contribution in [2.75, 3.05) is 0 Å². The molecule has 0 atom stereocenters. The molecule has 0 amide bonds. The van der Waals surface area contributed by atoms with Crippen LogP contribution in [0.3, 0.4) is 0 Å². The van der Waals surface area contributed by atoms with Crippen molar-refractivity contribution in [2.24, 2.45) is 0 Å². The molecule has 0 nitrogen and oxygen atoms in total. The van der Waals surface area contributed by atoms with Gasteiger partial charge in [-0.25, -0.2) is 0 Å². The smallest absolute Gasteiger partial charge is 0.00886 e. The molecular formula is C29H54. The van der Waals surface area contributed by atoms with Crippen LogP contribution in [0.1, 0.15) is 161 Å². The summed E-state index contributed by atoms with van der Waals surface area (Å²) < 4.78 is 0. The van der Waals surface area contributed by atoms with Gasteiger partial charge in [0.05, 0.1) is 0 Å². The van der Waals surface area contributed by atoms with E-state index >= 15 is 0 Å². The Kier molecular flexibility index (Phi) is 27.1. The van der Waals surface area contributed by atoms with E-state index in [0.717, 1.165) is 25.7 Å². The van der Waals surface area contributed by atoms with Crippen LogP contribution < -0.4 is 0 Å². The molecule has 0 saturated heterocycles. The summed E-state index contributed by atoms with van der Waals surface area (Å²) in [7, 11) is 0. The predicted molar refractivity (Wildman–Crippen MR) is 134 cm³/mol. The standard InChI is InChI=1S/C29H54/c1-3-5-7-9-11-13-15-17-19-21-23-25-27-29-28-26-24-22-20-18-16-14-12-10-8-6-4-2/h1-13,15,17-29H2. The summed E-state index contributed by atoms with van der Waals surface area (Å²) in [5.41, 5.74) is 0. The molecule has 2 radical (unpaired) electrons. The fourth-order valence-electron chi connectivity index (χ4n) is 3.96. The first-order chi connectivity index (χ1) is 14.4. The van der Waals surface area contributed by atoms with Crippen molar-refractivity contribution in [1.29, 1.82) is 0 Å².